The van der Waals surface area contributed by atoms with Gasteiger partial charge in [0.15, 0.2) is 8.07 Å². The molecule has 11 rings (SSSR count). The summed E-state index contributed by atoms with van der Waals surface area (Å²) in [5, 5.41) is 19.8. The third kappa shape index (κ3) is 6.15. The molecule has 0 spiro atoms. The lowest BCUT2D eigenvalue weighted by atomic mass is 10.0. The van der Waals surface area contributed by atoms with Crippen LogP contribution in [-0.4, -0.2) is 17.2 Å². The maximum atomic E-state index is 9.49. The maximum Gasteiger partial charge on any atom is 0.179 e. The Morgan fingerprint density at radius 1 is 0.349 bits per heavy atom. The van der Waals surface area contributed by atoms with Gasteiger partial charge in [-0.1, -0.05) is 150 Å². The predicted molar refractivity (Wildman–Crippen MR) is 268 cm³/mol. The van der Waals surface area contributed by atoms with Crippen molar-refractivity contribution in [2.75, 3.05) is 0 Å². The summed E-state index contributed by atoms with van der Waals surface area (Å²) in [7, 11) is -3.03. The average molecular weight is 824 g/mol. The van der Waals surface area contributed by atoms with E-state index in [1.165, 1.54) is 86.6 Å². The smallest absolute Gasteiger partial charge is 0.179 e. The Kier molecular flexibility index (Phi) is 9.12. The number of hydrogen-bond donors (Lipinski definition) is 0. The van der Waals surface area contributed by atoms with Crippen LogP contribution < -0.4 is 20.7 Å². The van der Waals surface area contributed by atoms with E-state index >= 15 is 0 Å². The fraction of sp³-hybridized carbons (Fsp3) is 0.0678. The molecule has 300 valence electrons. The SMILES string of the molecule is Cc1ccc2c(c1)c1cc(C)ccc1n2-c1ccc([Si](c2ccccc2)(c2ccccc2)c2ccc(-c3ccc(C#N)cc3)cc2)cc1-n1c2ccc(C)cc2c2cc(C)ccc21. The molecule has 0 atom stereocenters. The topological polar surface area (TPSA) is 33.6 Å². The first-order chi connectivity index (χ1) is 30.8. The van der Waals surface area contributed by atoms with E-state index in [4.69, 9.17) is 0 Å². The number of benzene rings is 9. The van der Waals surface area contributed by atoms with Crippen molar-refractivity contribution in [1.29, 1.82) is 5.26 Å². The predicted octanol–water partition coefficient (Wildman–Crippen LogP) is 12.0. The van der Waals surface area contributed by atoms with Crippen molar-refractivity contribution in [2.45, 2.75) is 27.7 Å². The molecule has 0 N–H and O–H groups in total. The van der Waals surface area contributed by atoms with Gasteiger partial charge in [0.2, 0.25) is 0 Å². The van der Waals surface area contributed by atoms with Crippen LogP contribution >= 0.6 is 0 Å². The van der Waals surface area contributed by atoms with Crippen molar-refractivity contribution in [3.63, 3.8) is 0 Å². The van der Waals surface area contributed by atoms with Crippen molar-refractivity contribution in [1.82, 2.24) is 9.13 Å². The summed E-state index contributed by atoms with van der Waals surface area (Å²) in [4.78, 5) is 0. The second-order valence-electron chi connectivity index (χ2n) is 17.2. The first kappa shape index (κ1) is 38.2. The summed E-state index contributed by atoms with van der Waals surface area (Å²) in [6.07, 6.45) is 0. The molecule has 0 saturated carbocycles. The molecule has 0 bridgehead atoms. The van der Waals surface area contributed by atoms with Crippen molar-refractivity contribution in [3.05, 3.63) is 228 Å². The van der Waals surface area contributed by atoms with Crippen molar-refractivity contribution >= 4 is 72.4 Å². The Morgan fingerprint density at radius 3 is 1.13 bits per heavy atom. The molecular formula is C59H45N3Si. The molecule has 0 unspecified atom stereocenters. The largest absolute Gasteiger partial charge is 0.307 e. The van der Waals surface area contributed by atoms with Crippen LogP contribution in [0, 0.1) is 39.0 Å². The van der Waals surface area contributed by atoms with Gasteiger partial charge >= 0.3 is 0 Å². The van der Waals surface area contributed by atoms with E-state index < -0.39 is 8.07 Å². The summed E-state index contributed by atoms with van der Waals surface area (Å²) in [6.45, 7) is 8.77. The van der Waals surface area contributed by atoms with Crippen molar-refractivity contribution in [3.8, 4) is 28.6 Å². The number of nitrogens with zero attached hydrogens (tertiary/aromatic N) is 3. The minimum absolute atomic E-state index is 0.661. The van der Waals surface area contributed by atoms with E-state index in [2.05, 4.69) is 219 Å². The fourth-order valence-corrected chi connectivity index (χ4v) is 14.9. The lowest BCUT2D eigenvalue weighted by molar-refractivity contribution is 1.10. The highest BCUT2D eigenvalue weighted by Gasteiger charge is 2.42. The van der Waals surface area contributed by atoms with Crippen LogP contribution in [-0.2, 0) is 0 Å². The number of hydrogen-bond acceptors (Lipinski definition) is 1. The van der Waals surface area contributed by atoms with Gasteiger partial charge in [-0.2, -0.15) is 5.26 Å². The molecule has 11 aromatic rings. The number of nitriles is 1. The van der Waals surface area contributed by atoms with Gasteiger partial charge in [0, 0.05) is 21.5 Å². The average Bonchev–Trinajstić information content (AvgIpc) is 3.80. The molecule has 63 heavy (non-hydrogen) atoms. The third-order valence-corrected chi connectivity index (χ3v) is 17.9. The van der Waals surface area contributed by atoms with E-state index in [0.717, 1.165) is 22.5 Å². The molecule has 0 saturated heterocycles. The van der Waals surface area contributed by atoms with Gasteiger partial charge in [0.25, 0.3) is 0 Å². The highest BCUT2D eigenvalue weighted by molar-refractivity contribution is 7.20. The van der Waals surface area contributed by atoms with Gasteiger partial charge in [-0.3, -0.25) is 0 Å². The van der Waals surface area contributed by atoms with Crippen LogP contribution in [0.2, 0.25) is 0 Å². The van der Waals surface area contributed by atoms with Gasteiger partial charge < -0.3 is 9.13 Å². The summed E-state index contributed by atoms with van der Waals surface area (Å²) in [5.74, 6) is 0. The lowest BCUT2D eigenvalue weighted by Gasteiger charge is -2.35. The van der Waals surface area contributed by atoms with Crippen LogP contribution in [0.5, 0.6) is 0 Å². The van der Waals surface area contributed by atoms with Gasteiger partial charge in [0.1, 0.15) is 0 Å². The standard InChI is InChI=1S/C59H45N3Si/c1-39-15-28-54-50(33-39)51-34-40(2)16-29-55(51)61(54)58-32-27-49(37-59(58)62-56-30-17-41(3)35-52(56)53-36-42(4)18-31-57(53)62)63(46-11-7-5-8-12-46,47-13-9-6-10-14-47)48-25-23-45(24-26-48)44-21-19-43(38-60)20-22-44/h5-37H,1-4H3. The summed E-state index contributed by atoms with van der Waals surface area (Å²) < 4.78 is 5.04. The molecule has 2 heterocycles. The third-order valence-electron chi connectivity index (χ3n) is 13.1. The van der Waals surface area contributed by atoms with Gasteiger partial charge in [-0.05, 0) is 132 Å². The first-order valence-corrected chi connectivity index (χ1v) is 23.7. The molecule has 0 aliphatic heterocycles. The Morgan fingerprint density at radius 2 is 0.714 bits per heavy atom. The second kappa shape index (κ2) is 15.0. The van der Waals surface area contributed by atoms with E-state index in [1.54, 1.807) is 0 Å². The maximum absolute atomic E-state index is 9.49. The second-order valence-corrected chi connectivity index (χ2v) is 21.0. The number of fused-ring (bicyclic) bond motifs is 6. The van der Waals surface area contributed by atoms with Gasteiger partial charge in [0.05, 0.1) is 45.1 Å². The van der Waals surface area contributed by atoms with Crippen molar-refractivity contribution in [2.24, 2.45) is 0 Å². The summed E-state index contributed by atoms with van der Waals surface area (Å²) in [5.41, 5.74) is 14.9. The Bertz CT molecular complexity index is 3430. The van der Waals surface area contributed by atoms with Crippen LogP contribution in [0.3, 0.4) is 0 Å². The zero-order valence-corrected chi connectivity index (χ0v) is 36.9. The molecule has 0 amide bonds. The molecule has 3 nitrogen and oxygen atoms in total. The Balaban J connectivity index is 1.28. The molecular weight excluding hydrogens is 779 g/mol. The van der Waals surface area contributed by atoms with E-state index in [0.29, 0.717) is 5.56 Å². The number of aryl methyl sites for hydroxylation is 4. The van der Waals surface area contributed by atoms with Crippen LogP contribution in [0.1, 0.15) is 27.8 Å². The van der Waals surface area contributed by atoms with E-state index in [-0.39, 0.29) is 0 Å². The highest BCUT2D eigenvalue weighted by atomic mass is 28.3. The summed E-state index contributed by atoms with van der Waals surface area (Å²) >= 11 is 0. The molecule has 0 radical (unpaired) electrons. The van der Waals surface area contributed by atoms with Crippen LogP contribution in [0.15, 0.2) is 200 Å². The fourth-order valence-electron chi connectivity index (χ4n) is 10.2. The summed E-state index contributed by atoms with van der Waals surface area (Å²) in [6, 6.07) is 76.8. The zero-order chi connectivity index (χ0) is 42.8. The minimum atomic E-state index is -3.03. The monoisotopic (exact) mass is 823 g/mol. The van der Waals surface area contributed by atoms with Crippen molar-refractivity contribution < 1.29 is 0 Å². The van der Waals surface area contributed by atoms with Crippen LogP contribution in [0.4, 0.5) is 0 Å². The van der Waals surface area contributed by atoms with Crippen LogP contribution in [0.25, 0.3) is 66.1 Å². The first-order valence-electron chi connectivity index (χ1n) is 21.7. The van der Waals surface area contributed by atoms with E-state index in [1.807, 2.05) is 24.3 Å². The van der Waals surface area contributed by atoms with Gasteiger partial charge in [-0.25, -0.2) is 0 Å². The molecule has 0 aliphatic carbocycles. The molecule has 0 aliphatic rings. The molecule has 9 aromatic carbocycles. The Hall–Kier alpha value is -7.71. The molecule has 2 aromatic heterocycles. The molecule has 0 fully saturated rings. The number of aromatic nitrogens is 2. The minimum Gasteiger partial charge on any atom is -0.307 e. The Labute approximate surface area is 369 Å². The number of rotatable bonds is 7. The zero-order valence-electron chi connectivity index (χ0n) is 35.9. The highest BCUT2D eigenvalue weighted by Crippen LogP contribution is 2.39. The molecule has 4 heteroatoms. The quantitative estimate of drug-likeness (QED) is 0.116. The normalized spacial score (nSPS) is 11.8. The van der Waals surface area contributed by atoms with E-state index in [9.17, 15) is 5.26 Å². The lowest BCUT2D eigenvalue weighted by Crippen LogP contribution is -2.74. The van der Waals surface area contributed by atoms with Gasteiger partial charge in [-0.15, -0.1) is 0 Å².